The van der Waals surface area contributed by atoms with E-state index in [0.29, 0.717) is 37.0 Å². The highest BCUT2D eigenvalue weighted by Crippen LogP contribution is 2.23. The van der Waals surface area contributed by atoms with E-state index in [1.54, 1.807) is 30.5 Å². The van der Waals surface area contributed by atoms with Crippen molar-refractivity contribution in [2.75, 3.05) is 19.8 Å². The molecule has 1 aromatic heterocycles. The molecule has 0 aliphatic carbocycles. The van der Waals surface area contributed by atoms with Gasteiger partial charge in [0.25, 0.3) is 0 Å². The lowest BCUT2D eigenvalue weighted by Crippen LogP contribution is -2.51. The molecule has 0 saturated carbocycles. The molecule has 0 bridgehead atoms. The lowest BCUT2D eigenvalue weighted by molar-refractivity contribution is -0.126. The molecule has 1 fully saturated rings. The van der Waals surface area contributed by atoms with Crippen LogP contribution in [0.2, 0.25) is 0 Å². The van der Waals surface area contributed by atoms with Gasteiger partial charge < -0.3 is 20.1 Å². The fourth-order valence-corrected chi connectivity index (χ4v) is 2.33. The van der Waals surface area contributed by atoms with E-state index < -0.39 is 0 Å². The molecule has 1 unspecified atom stereocenters. The number of hydrogen-bond acceptors (Lipinski definition) is 5. The number of benzene rings is 1. The van der Waals surface area contributed by atoms with Crippen LogP contribution < -0.4 is 15.4 Å². The van der Waals surface area contributed by atoms with Crippen molar-refractivity contribution in [3.8, 4) is 11.6 Å². The van der Waals surface area contributed by atoms with Gasteiger partial charge in [0.1, 0.15) is 17.6 Å². The van der Waals surface area contributed by atoms with Crippen molar-refractivity contribution in [2.45, 2.75) is 12.6 Å². The summed E-state index contributed by atoms with van der Waals surface area (Å²) in [4.78, 5) is 16.3. The van der Waals surface area contributed by atoms with Crippen molar-refractivity contribution in [1.29, 1.82) is 0 Å². The standard InChI is InChI=1S/C17H18FN3O3/c18-13-4-1-5-14(9-13)24-17-12(3-2-6-20-17)10-21-16(22)15-11-23-8-7-19-15/h1-6,9,15,19H,7-8,10-11H2,(H,21,22). The summed E-state index contributed by atoms with van der Waals surface area (Å²) in [6, 6.07) is 9.01. The van der Waals surface area contributed by atoms with Gasteiger partial charge in [0.15, 0.2) is 0 Å². The van der Waals surface area contributed by atoms with Crippen molar-refractivity contribution in [2.24, 2.45) is 0 Å². The van der Waals surface area contributed by atoms with Crippen LogP contribution in [0.25, 0.3) is 0 Å². The molecule has 7 heteroatoms. The summed E-state index contributed by atoms with van der Waals surface area (Å²) in [6.45, 7) is 1.87. The van der Waals surface area contributed by atoms with E-state index in [9.17, 15) is 9.18 Å². The summed E-state index contributed by atoms with van der Waals surface area (Å²) in [7, 11) is 0. The predicted molar refractivity (Wildman–Crippen MR) is 85.2 cm³/mol. The summed E-state index contributed by atoms with van der Waals surface area (Å²) in [6.07, 6.45) is 1.58. The second-order valence-electron chi connectivity index (χ2n) is 5.33. The van der Waals surface area contributed by atoms with Crippen LogP contribution in [0.4, 0.5) is 4.39 Å². The van der Waals surface area contributed by atoms with Crippen LogP contribution >= 0.6 is 0 Å². The lowest BCUT2D eigenvalue weighted by atomic mass is 10.2. The van der Waals surface area contributed by atoms with E-state index in [0.717, 1.165) is 0 Å². The molecule has 1 aliphatic heterocycles. The first-order valence-electron chi connectivity index (χ1n) is 7.68. The first kappa shape index (κ1) is 16.4. The van der Waals surface area contributed by atoms with Crippen LogP contribution in [0.3, 0.4) is 0 Å². The van der Waals surface area contributed by atoms with Gasteiger partial charge in [-0.1, -0.05) is 12.1 Å². The molecule has 1 saturated heterocycles. The van der Waals surface area contributed by atoms with Gasteiger partial charge in [-0.3, -0.25) is 4.79 Å². The van der Waals surface area contributed by atoms with Crippen LogP contribution in [0.5, 0.6) is 11.6 Å². The minimum atomic E-state index is -0.387. The summed E-state index contributed by atoms with van der Waals surface area (Å²) in [5.74, 6) is 0.150. The Hall–Kier alpha value is -2.51. The predicted octanol–water partition coefficient (Wildman–Crippen LogP) is 1.62. The zero-order valence-corrected chi connectivity index (χ0v) is 13.0. The van der Waals surface area contributed by atoms with Crippen molar-refractivity contribution in [3.63, 3.8) is 0 Å². The van der Waals surface area contributed by atoms with Crippen molar-refractivity contribution in [1.82, 2.24) is 15.6 Å². The summed E-state index contributed by atoms with van der Waals surface area (Å²) in [5.41, 5.74) is 0.701. The number of aromatic nitrogens is 1. The highest BCUT2D eigenvalue weighted by molar-refractivity contribution is 5.82. The quantitative estimate of drug-likeness (QED) is 0.871. The second-order valence-corrected chi connectivity index (χ2v) is 5.33. The number of nitrogens with one attached hydrogen (secondary N) is 2. The van der Waals surface area contributed by atoms with Crippen LogP contribution in [-0.2, 0) is 16.1 Å². The van der Waals surface area contributed by atoms with Gasteiger partial charge in [-0.2, -0.15) is 0 Å². The minimum Gasteiger partial charge on any atom is -0.439 e. The number of ether oxygens (including phenoxy) is 2. The zero-order chi connectivity index (χ0) is 16.8. The molecule has 2 heterocycles. The maximum absolute atomic E-state index is 13.3. The zero-order valence-electron chi connectivity index (χ0n) is 13.0. The molecule has 3 rings (SSSR count). The number of morpholine rings is 1. The maximum atomic E-state index is 13.3. The van der Waals surface area contributed by atoms with Crippen LogP contribution in [0.15, 0.2) is 42.6 Å². The van der Waals surface area contributed by atoms with E-state index in [-0.39, 0.29) is 24.3 Å². The first-order valence-corrected chi connectivity index (χ1v) is 7.68. The first-order chi connectivity index (χ1) is 11.7. The second kappa shape index (κ2) is 7.85. The number of hydrogen-bond donors (Lipinski definition) is 2. The van der Waals surface area contributed by atoms with Gasteiger partial charge in [-0.25, -0.2) is 9.37 Å². The maximum Gasteiger partial charge on any atom is 0.239 e. The smallest absolute Gasteiger partial charge is 0.239 e. The molecular weight excluding hydrogens is 313 g/mol. The van der Waals surface area contributed by atoms with Gasteiger partial charge >= 0.3 is 0 Å². The largest absolute Gasteiger partial charge is 0.439 e. The number of amides is 1. The van der Waals surface area contributed by atoms with E-state index in [1.165, 1.54) is 12.1 Å². The molecule has 1 atom stereocenters. The van der Waals surface area contributed by atoms with Crippen LogP contribution in [0.1, 0.15) is 5.56 Å². The average molecular weight is 331 g/mol. The van der Waals surface area contributed by atoms with Gasteiger partial charge in [0, 0.05) is 30.9 Å². The monoisotopic (exact) mass is 331 g/mol. The summed E-state index contributed by atoms with van der Waals surface area (Å²) >= 11 is 0. The SMILES string of the molecule is O=C(NCc1cccnc1Oc1cccc(F)c1)C1COCCN1. The van der Waals surface area contributed by atoms with Crippen LogP contribution in [0, 0.1) is 5.82 Å². The molecule has 2 N–H and O–H groups in total. The molecule has 6 nitrogen and oxygen atoms in total. The van der Waals surface area contributed by atoms with E-state index in [1.807, 2.05) is 0 Å². The average Bonchev–Trinajstić information content (AvgIpc) is 2.61. The van der Waals surface area contributed by atoms with Crippen molar-refractivity contribution < 1.29 is 18.7 Å². The highest BCUT2D eigenvalue weighted by atomic mass is 19.1. The van der Waals surface area contributed by atoms with Gasteiger partial charge in [0.2, 0.25) is 11.8 Å². The number of pyridine rings is 1. The Morgan fingerprint density at radius 2 is 2.33 bits per heavy atom. The van der Waals surface area contributed by atoms with Gasteiger partial charge in [0.05, 0.1) is 13.2 Å². The number of carbonyl (C=O) groups excluding carboxylic acids is 1. The van der Waals surface area contributed by atoms with Gasteiger partial charge in [-0.05, 0) is 18.2 Å². The molecule has 0 radical (unpaired) electrons. The Labute approximate surface area is 139 Å². The summed E-state index contributed by atoms with van der Waals surface area (Å²) < 4.78 is 24.2. The fraction of sp³-hybridized carbons (Fsp3) is 0.294. The minimum absolute atomic E-state index is 0.143. The molecule has 1 aliphatic rings. The Balaban J connectivity index is 1.64. The summed E-state index contributed by atoms with van der Waals surface area (Å²) in [5, 5.41) is 5.92. The van der Waals surface area contributed by atoms with Crippen LogP contribution in [-0.4, -0.2) is 36.7 Å². The molecular formula is C17H18FN3O3. The Morgan fingerprint density at radius 3 is 3.12 bits per heavy atom. The molecule has 126 valence electrons. The fourth-order valence-electron chi connectivity index (χ4n) is 2.33. The normalized spacial score (nSPS) is 17.3. The molecule has 0 spiro atoms. The van der Waals surface area contributed by atoms with Crippen molar-refractivity contribution >= 4 is 5.91 Å². The Bertz CT molecular complexity index is 705. The third-order valence-electron chi connectivity index (χ3n) is 3.55. The molecule has 1 aromatic carbocycles. The van der Waals surface area contributed by atoms with E-state index in [4.69, 9.17) is 9.47 Å². The number of carbonyl (C=O) groups is 1. The highest BCUT2D eigenvalue weighted by Gasteiger charge is 2.21. The molecule has 2 aromatic rings. The Morgan fingerprint density at radius 1 is 1.42 bits per heavy atom. The lowest BCUT2D eigenvalue weighted by Gasteiger charge is -2.23. The number of nitrogens with zero attached hydrogens (tertiary/aromatic N) is 1. The molecule has 1 amide bonds. The topological polar surface area (TPSA) is 72.5 Å². The molecule has 24 heavy (non-hydrogen) atoms. The number of halogens is 1. The van der Waals surface area contributed by atoms with Gasteiger partial charge in [-0.15, -0.1) is 0 Å². The van der Waals surface area contributed by atoms with E-state index in [2.05, 4.69) is 15.6 Å². The Kier molecular flexibility index (Phi) is 5.35. The third kappa shape index (κ3) is 4.27. The number of rotatable bonds is 5. The van der Waals surface area contributed by atoms with Crippen molar-refractivity contribution in [3.05, 3.63) is 54.0 Å². The van der Waals surface area contributed by atoms with E-state index >= 15 is 0 Å². The third-order valence-corrected chi connectivity index (χ3v) is 3.55.